The van der Waals surface area contributed by atoms with Gasteiger partial charge in [-0.05, 0) is 109 Å². The van der Waals surface area contributed by atoms with Crippen LogP contribution < -0.4 is 4.90 Å². The van der Waals surface area contributed by atoms with Gasteiger partial charge < -0.3 is 4.90 Å². The van der Waals surface area contributed by atoms with Gasteiger partial charge in [-0.2, -0.15) is 0 Å². The molecule has 10 rings (SSSR count). The average Bonchev–Trinajstić information content (AvgIpc) is 3.56. The van der Waals surface area contributed by atoms with Gasteiger partial charge in [0.05, 0.1) is 0 Å². The predicted octanol–water partition coefficient (Wildman–Crippen LogP) is 14.3. The molecular weight excluding hydrogens is 623 g/mol. The molecule has 0 bridgehead atoms. The molecule has 50 heavy (non-hydrogen) atoms. The van der Waals surface area contributed by atoms with Crippen molar-refractivity contribution in [3.63, 3.8) is 0 Å². The van der Waals surface area contributed by atoms with Crippen molar-refractivity contribution in [3.05, 3.63) is 188 Å². The zero-order valence-corrected chi connectivity index (χ0v) is 28.1. The van der Waals surface area contributed by atoms with Crippen LogP contribution >= 0.6 is 11.3 Å². The third-order valence-corrected chi connectivity index (χ3v) is 11.2. The summed E-state index contributed by atoms with van der Waals surface area (Å²) in [5, 5.41) is 10.2. The van der Waals surface area contributed by atoms with Crippen molar-refractivity contribution in [3.8, 4) is 22.3 Å². The molecule has 0 aliphatic carbocycles. The van der Waals surface area contributed by atoms with Crippen molar-refractivity contribution in [1.82, 2.24) is 0 Å². The molecule has 0 saturated heterocycles. The highest BCUT2D eigenvalue weighted by atomic mass is 32.1. The number of fused-ring (bicyclic) bond motifs is 7. The lowest BCUT2D eigenvalue weighted by molar-refractivity contribution is 1.29. The molecule has 0 aliphatic rings. The minimum atomic E-state index is 1.12. The molecule has 0 aliphatic heterocycles. The van der Waals surface area contributed by atoms with Crippen molar-refractivity contribution in [2.24, 2.45) is 0 Å². The fourth-order valence-electron chi connectivity index (χ4n) is 7.67. The van der Waals surface area contributed by atoms with Crippen LogP contribution in [-0.4, -0.2) is 0 Å². The van der Waals surface area contributed by atoms with Gasteiger partial charge in [-0.1, -0.05) is 133 Å². The first kappa shape index (κ1) is 28.8. The zero-order valence-electron chi connectivity index (χ0n) is 27.3. The van der Waals surface area contributed by atoms with Crippen LogP contribution in [0.2, 0.25) is 0 Å². The number of hydrogen-bond acceptors (Lipinski definition) is 2. The first-order chi connectivity index (χ1) is 24.8. The normalized spacial score (nSPS) is 11.6. The Hall–Kier alpha value is -6.22. The molecule has 0 atom stereocenters. The third kappa shape index (κ3) is 4.76. The highest BCUT2D eigenvalue weighted by Crippen LogP contribution is 2.43. The van der Waals surface area contributed by atoms with E-state index in [0.717, 1.165) is 17.1 Å². The van der Waals surface area contributed by atoms with Gasteiger partial charge in [0.15, 0.2) is 0 Å². The van der Waals surface area contributed by atoms with Gasteiger partial charge in [0, 0.05) is 37.2 Å². The lowest BCUT2D eigenvalue weighted by atomic mass is 9.93. The standard InChI is InChI=1S/C48H31NS/c1-3-16-39-32(11-1)13-10-21-40(39)33-23-25-36(26-24-33)49(38-27-28-48-46(31-38)44-20-7-8-22-47(44)50-48)37-15-9-14-34(29-37)45-30-35-12-2-4-17-41(35)42-18-5-6-19-43(42)45/h1-31H. The van der Waals surface area contributed by atoms with Crippen LogP contribution in [0.3, 0.4) is 0 Å². The first-order valence-electron chi connectivity index (χ1n) is 17.1. The highest BCUT2D eigenvalue weighted by molar-refractivity contribution is 7.25. The molecular formula is C48H31NS. The number of rotatable bonds is 5. The van der Waals surface area contributed by atoms with E-state index in [1.54, 1.807) is 0 Å². The van der Waals surface area contributed by atoms with Gasteiger partial charge in [0.2, 0.25) is 0 Å². The van der Waals surface area contributed by atoms with E-state index in [9.17, 15) is 0 Å². The molecule has 0 N–H and O–H groups in total. The number of anilines is 3. The van der Waals surface area contributed by atoms with Crippen LogP contribution in [0.25, 0.3) is 74.7 Å². The Morgan fingerprint density at radius 1 is 0.300 bits per heavy atom. The fraction of sp³-hybridized carbons (Fsp3) is 0. The molecule has 0 amide bonds. The van der Waals surface area contributed by atoms with E-state index in [-0.39, 0.29) is 0 Å². The van der Waals surface area contributed by atoms with Gasteiger partial charge in [0.1, 0.15) is 0 Å². The molecule has 0 radical (unpaired) electrons. The lowest BCUT2D eigenvalue weighted by Crippen LogP contribution is -2.10. The Morgan fingerprint density at radius 3 is 1.78 bits per heavy atom. The maximum absolute atomic E-state index is 2.41. The van der Waals surface area contributed by atoms with Crippen LogP contribution in [0.5, 0.6) is 0 Å². The minimum absolute atomic E-state index is 1.12. The second kappa shape index (κ2) is 11.7. The van der Waals surface area contributed by atoms with Gasteiger partial charge >= 0.3 is 0 Å². The average molecular weight is 654 g/mol. The summed E-state index contributed by atoms with van der Waals surface area (Å²) in [6.07, 6.45) is 0. The summed E-state index contributed by atoms with van der Waals surface area (Å²) < 4.78 is 2.62. The summed E-state index contributed by atoms with van der Waals surface area (Å²) in [5.74, 6) is 0. The largest absolute Gasteiger partial charge is 0.310 e. The van der Waals surface area contributed by atoms with Crippen molar-refractivity contribution < 1.29 is 0 Å². The predicted molar refractivity (Wildman–Crippen MR) is 217 cm³/mol. The molecule has 10 aromatic rings. The van der Waals surface area contributed by atoms with E-state index in [2.05, 4.69) is 193 Å². The maximum Gasteiger partial charge on any atom is 0.0468 e. The van der Waals surface area contributed by atoms with Gasteiger partial charge in [-0.25, -0.2) is 0 Å². The SMILES string of the molecule is c1cc(-c2cc3ccccc3c3ccccc23)cc(N(c2ccc(-c3cccc4ccccc34)cc2)c2ccc3sc4ccccc4c3c2)c1. The first-order valence-corrected chi connectivity index (χ1v) is 17.9. The Kier molecular flexibility index (Phi) is 6.75. The third-order valence-electron chi connectivity index (χ3n) is 10.0. The quantitative estimate of drug-likeness (QED) is 0.167. The van der Waals surface area contributed by atoms with Gasteiger partial charge in [0.25, 0.3) is 0 Å². The Morgan fingerprint density at radius 2 is 0.920 bits per heavy atom. The highest BCUT2D eigenvalue weighted by Gasteiger charge is 2.17. The Labute approximate surface area is 294 Å². The smallest absolute Gasteiger partial charge is 0.0468 e. The summed E-state index contributed by atoms with van der Waals surface area (Å²) in [7, 11) is 0. The van der Waals surface area contributed by atoms with Crippen molar-refractivity contribution >= 4 is 80.9 Å². The second-order valence-corrected chi connectivity index (χ2v) is 14.0. The fourth-order valence-corrected chi connectivity index (χ4v) is 8.76. The zero-order chi connectivity index (χ0) is 33.0. The van der Waals surface area contributed by atoms with Crippen LogP contribution in [0.1, 0.15) is 0 Å². The Bertz CT molecular complexity index is 2870. The molecule has 0 saturated carbocycles. The van der Waals surface area contributed by atoms with E-state index < -0.39 is 0 Å². The molecule has 0 fully saturated rings. The molecule has 0 spiro atoms. The summed E-state index contributed by atoms with van der Waals surface area (Å²) in [6, 6.07) is 68.8. The van der Waals surface area contributed by atoms with E-state index in [4.69, 9.17) is 0 Å². The summed E-state index contributed by atoms with van der Waals surface area (Å²) >= 11 is 1.86. The molecule has 1 aromatic heterocycles. The van der Waals surface area contributed by atoms with E-state index in [1.807, 2.05) is 11.3 Å². The molecule has 1 nitrogen and oxygen atoms in total. The summed E-state index contributed by atoms with van der Waals surface area (Å²) in [5.41, 5.74) is 8.28. The van der Waals surface area contributed by atoms with Crippen LogP contribution in [-0.2, 0) is 0 Å². The van der Waals surface area contributed by atoms with Crippen molar-refractivity contribution in [2.45, 2.75) is 0 Å². The van der Waals surface area contributed by atoms with Crippen LogP contribution in [0, 0.1) is 0 Å². The summed E-state index contributed by atoms with van der Waals surface area (Å²) in [4.78, 5) is 2.41. The second-order valence-electron chi connectivity index (χ2n) is 12.9. The number of benzene rings is 9. The van der Waals surface area contributed by atoms with Crippen molar-refractivity contribution in [1.29, 1.82) is 0 Å². The van der Waals surface area contributed by atoms with E-state index in [0.29, 0.717) is 0 Å². The van der Waals surface area contributed by atoms with Gasteiger partial charge in [-0.3, -0.25) is 0 Å². The molecule has 9 aromatic carbocycles. The molecule has 1 heterocycles. The van der Waals surface area contributed by atoms with Crippen LogP contribution in [0.15, 0.2) is 188 Å². The Balaban J connectivity index is 1.16. The molecule has 0 unspecified atom stereocenters. The maximum atomic E-state index is 2.41. The van der Waals surface area contributed by atoms with E-state index >= 15 is 0 Å². The summed E-state index contributed by atoms with van der Waals surface area (Å²) in [6.45, 7) is 0. The van der Waals surface area contributed by atoms with Crippen molar-refractivity contribution in [2.75, 3.05) is 4.90 Å². The number of hydrogen-bond donors (Lipinski definition) is 0. The van der Waals surface area contributed by atoms with E-state index in [1.165, 1.54) is 74.7 Å². The monoisotopic (exact) mass is 653 g/mol. The lowest BCUT2D eigenvalue weighted by Gasteiger charge is -2.26. The minimum Gasteiger partial charge on any atom is -0.310 e. The molecule has 2 heteroatoms. The number of nitrogens with zero attached hydrogens (tertiary/aromatic N) is 1. The van der Waals surface area contributed by atoms with Gasteiger partial charge in [-0.15, -0.1) is 11.3 Å². The number of thiophene rings is 1. The molecule has 234 valence electrons. The topological polar surface area (TPSA) is 3.24 Å². The van der Waals surface area contributed by atoms with Crippen LogP contribution in [0.4, 0.5) is 17.1 Å².